The van der Waals surface area contributed by atoms with Gasteiger partial charge in [0.2, 0.25) is 0 Å². The first-order chi connectivity index (χ1) is 7.26. The molecule has 2 nitrogen and oxygen atoms in total. The van der Waals surface area contributed by atoms with Crippen LogP contribution in [0.25, 0.3) is 0 Å². The maximum atomic E-state index is 2.45. The van der Waals surface area contributed by atoms with E-state index in [9.17, 15) is 0 Å². The number of nitrogens with zero attached hydrogens (tertiary/aromatic N) is 2. The van der Waals surface area contributed by atoms with Crippen molar-refractivity contribution in [3.8, 4) is 0 Å². The smallest absolute Gasteiger partial charge is 0.0497 e. The molecule has 1 aliphatic rings. The van der Waals surface area contributed by atoms with Crippen molar-refractivity contribution in [2.24, 2.45) is 0 Å². The Balaban J connectivity index is 2.25. The fraction of sp³-hybridized carbons (Fsp3) is 0.667. The summed E-state index contributed by atoms with van der Waals surface area (Å²) in [5.74, 6) is 0.697. The van der Waals surface area contributed by atoms with Gasteiger partial charge in [-0.3, -0.25) is 0 Å². The minimum absolute atomic E-state index is 0.697. The molecule has 3 heteroatoms. The molecule has 2 rings (SSSR count). The van der Waals surface area contributed by atoms with Crippen molar-refractivity contribution in [2.75, 3.05) is 12.8 Å². The highest BCUT2D eigenvalue weighted by Crippen LogP contribution is 2.28. The molecule has 0 saturated carbocycles. The van der Waals surface area contributed by atoms with Gasteiger partial charge in [-0.2, -0.15) is 0 Å². The molecule has 0 aliphatic carbocycles. The van der Waals surface area contributed by atoms with Gasteiger partial charge in [0.05, 0.1) is 0 Å². The van der Waals surface area contributed by atoms with Crippen molar-refractivity contribution < 1.29 is 0 Å². The summed E-state index contributed by atoms with van der Waals surface area (Å²) in [4.78, 5) is 0. The van der Waals surface area contributed by atoms with E-state index in [-0.39, 0.29) is 0 Å². The molecule has 0 amide bonds. The number of rotatable bonds is 3. The van der Waals surface area contributed by atoms with Crippen LogP contribution in [0.4, 0.5) is 0 Å². The third-order valence-corrected chi connectivity index (χ3v) is 4.26. The Hall–Kier alpha value is -0.410. The molecular weight excluding hydrogens is 204 g/mol. The Bertz CT molecular complexity index is 332. The molecule has 1 aliphatic heterocycles. The molecule has 0 radical (unpaired) electrons. The zero-order chi connectivity index (χ0) is 10.8. The van der Waals surface area contributed by atoms with Gasteiger partial charge in [0, 0.05) is 31.5 Å². The molecule has 0 saturated heterocycles. The molecule has 1 aromatic rings. The molecule has 0 fully saturated rings. The standard InChI is InChI=1S/C12H20N2S/c1-4-10(2)11-5-6-13-7-8-14(15-3)9-12(11)13/h5-6,10H,4,7-9H2,1-3H3. The highest BCUT2D eigenvalue weighted by molar-refractivity contribution is 7.96. The molecule has 15 heavy (non-hydrogen) atoms. The predicted molar refractivity (Wildman–Crippen MR) is 67.1 cm³/mol. The van der Waals surface area contributed by atoms with Gasteiger partial charge >= 0.3 is 0 Å². The number of fused-ring (bicyclic) bond motifs is 1. The van der Waals surface area contributed by atoms with Crippen LogP contribution in [-0.4, -0.2) is 21.7 Å². The van der Waals surface area contributed by atoms with Gasteiger partial charge in [-0.15, -0.1) is 0 Å². The summed E-state index contributed by atoms with van der Waals surface area (Å²) in [7, 11) is 0. The predicted octanol–water partition coefficient (Wildman–Crippen LogP) is 3.10. The van der Waals surface area contributed by atoms with Gasteiger partial charge in [0.25, 0.3) is 0 Å². The Labute approximate surface area is 96.8 Å². The first kappa shape index (κ1) is 11.1. The Morgan fingerprint density at radius 1 is 1.47 bits per heavy atom. The molecule has 0 aromatic carbocycles. The topological polar surface area (TPSA) is 8.17 Å². The summed E-state index contributed by atoms with van der Waals surface area (Å²) in [5, 5.41) is 0. The van der Waals surface area contributed by atoms with Crippen molar-refractivity contribution in [1.82, 2.24) is 8.87 Å². The maximum absolute atomic E-state index is 2.45. The fourth-order valence-electron chi connectivity index (χ4n) is 2.20. The molecule has 1 aromatic heterocycles. The fourth-order valence-corrected chi connectivity index (χ4v) is 2.72. The zero-order valence-corrected chi connectivity index (χ0v) is 10.7. The van der Waals surface area contributed by atoms with Crippen molar-refractivity contribution in [3.05, 3.63) is 23.5 Å². The van der Waals surface area contributed by atoms with Crippen LogP contribution in [0, 0.1) is 0 Å². The summed E-state index contributed by atoms with van der Waals surface area (Å²) < 4.78 is 4.87. The van der Waals surface area contributed by atoms with Crippen LogP contribution >= 0.6 is 11.9 Å². The SMILES string of the molecule is CCC(C)c1ccn2c1CN(SC)CC2. The third-order valence-electron chi connectivity index (χ3n) is 3.43. The van der Waals surface area contributed by atoms with Gasteiger partial charge in [-0.25, -0.2) is 4.31 Å². The molecule has 2 heterocycles. The normalized spacial score (nSPS) is 18.9. The Morgan fingerprint density at radius 3 is 2.93 bits per heavy atom. The lowest BCUT2D eigenvalue weighted by atomic mass is 9.98. The van der Waals surface area contributed by atoms with Crippen molar-refractivity contribution in [3.63, 3.8) is 0 Å². The second-order valence-corrected chi connectivity index (χ2v) is 5.15. The summed E-state index contributed by atoms with van der Waals surface area (Å²) in [5.41, 5.74) is 3.08. The van der Waals surface area contributed by atoms with Crippen LogP contribution in [-0.2, 0) is 13.1 Å². The number of aromatic nitrogens is 1. The van der Waals surface area contributed by atoms with E-state index >= 15 is 0 Å². The van der Waals surface area contributed by atoms with Gasteiger partial charge in [-0.05, 0) is 30.2 Å². The van der Waals surface area contributed by atoms with Crippen molar-refractivity contribution in [1.29, 1.82) is 0 Å². The van der Waals surface area contributed by atoms with Gasteiger partial charge < -0.3 is 4.57 Å². The van der Waals surface area contributed by atoms with E-state index < -0.39 is 0 Å². The van der Waals surface area contributed by atoms with Gasteiger partial charge in [-0.1, -0.05) is 25.8 Å². The first-order valence-electron chi connectivity index (χ1n) is 5.73. The Morgan fingerprint density at radius 2 is 2.27 bits per heavy atom. The van der Waals surface area contributed by atoms with Crippen LogP contribution in [0.5, 0.6) is 0 Å². The van der Waals surface area contributed by atoms with Crippen LogP contribution in [0.3, 0.4) is 0 Å². The van der Waals surface area contributed by atoms with Crippen LogP contribution < -0.4 is 0 Å². The average Bonchev–Trinajstić information content (AvgIpc) is 2.70. The molecule has 0 bridgehead atoms. The zero-order valence-electron chi connectivity index (χ0n) is 9.86. The lowest BCUT2D eigenvalue weighted by Gasteiger charge is -2.28. The summed E-state index contributed by atoms with van der Waals surface area (Å²) >= 11 is 1.86. The van der Waals surface area contributed by atoms with Crippen LogP contribution in [0.2, 0.25) is 0 Å². The lowest BCUT2D eigenvalue weighted by Crippen LogP contribution is -2.28. The number of hydrogen-bond donors (Lipinski definition) is 0. The van der Waals surface area contributed by atoms with Crippen LogP contribution in [0.1, 0.15) is 37.4 Å². The molecule has 84 valence electrons. The van der Waals surface area contributed by atoms with E-state index in [1.807, 2.05) is 11.9 Å². The van der Waals surface area contributed by atoms with Crippen LogP contribution in [0.15, 0.2) is 12.3 Å². The van der Waals surface area contributed by atoms with Gasteiger partial charge in [0.15, 0.2) is 0 Å². The summed E-state index contributed by atoms with van der Waals surface area (Å²) in [6.45, 7) is 8.02. The van der Waals surface area contributed by atoms with Crippen molar-refractivity contribution >= 4 is 11.9 Å². The Kier molecular flexibility index (Phi) is 3.42. The largest absolute Gasteiger partial charge is 0.349 e. The average molecular weight is 224 g/mol. The lowest BCUT2D eigenvalue weighted by molar-refractivity contribution is 0.373. The van der Waals surface area contributed by atoms with E-state index in [1.165, 1.54) is 18.7 Å². The second-order valence-electron chi connectivity index (χ2n) is 4.27. The highest BCUT2D eigenvalue weighted by Gasteiger charge is 2.20. The maximum Gasteiger partial charge on any atom is 0.0497 e. The molecule has 1 unspecified atom stereocenters. The van der Waals surface area contributed by atoms with E-state index in [0.717, 1.165) is 13.1 Å². The molecule has 0 N–H and O–H groups in total. The minimum Gasteiger partial charge on any atom is -0.349 e. The monoisotopic (exact) mass is 224 g/mol. The molecular formula is C12H20N2S. The molecule has 0 spiro atoms. The van der Waals surface area contributed by atoms with Gasteiger partial charge in [0.1, 0.15) is 0 Å². The second kappa shape index (κ2) is 4.62. The van der Waals surface area contributed by atoms with E-state index in [0.29, 0.717) is 5.92 Å². The summed E-state index contributed by atoms with van der Waals surface area (Å²) in [6, 6.07) is 2.31. The molecule has 1 atom stereocenters. The summed E-state index contributed by atoms with van der Waals surface area (Å²) in [6.07, 6.45) is 5.66. The van der Waals surface area contributed by atoms with E-state index in [2.05, 4.69) is 41.2 Å². The van der Waals surface area contributed by atoms with E-state index in [4.69, 9.17) is 0 Å². The van der Waals surface area contributed by atoms with Crippen molar-refractivity contribution in [2.45, 2.75) is 39.3 Å². The quantitative estimate of drug-likeness (QED) is 0.729. The van der Waals surface area contributed by atoms with E-state index in [1.54, 1.807) is 5.56 Å². The first-order valence-corrected chi connectivity index (χ1v) is 6.91. The number of hydrogen-bond acceptors (Lipinski definition) is 2. The highest BCUT2D eigenvalue weighted by atomic mass is 32.2. The third kappa shape index (κ3) is 2.08. The minimum atomic E-state index is 0.697.